The molecule has 4 heterocycles. The Kier molecular flexibility index (Phi) is 4.35. The molecule has 5 rings (SSSR count). The summed E-state index contributed by atoms with van der Waals surface area (Å²) in [4.78, 5) is 22.3. The number of hydrogen-bond acceptors (Lipinski definition) is 4. The van der Waals surface area contributed by atoms with E-state index < -0.39 is 0 Å². The molecule has 6 nitrogen and oxygen atoms in total. The van der Waals surface area contributed by atoms with Crippen molar-refractivity contribution in [2.45, 2.75) is 12.0 Å². The van der Waals surface area contributed by atoms with Gasteiger partial charge >= 0.3 is 0 Å². The zero-order chi connectivity index (χ0) is 20.7. The molecule has 1 spiro atoms. The fourth-order valence-electron chi connectivity index (χ4n) is 4.84. The van der Waals surface area contributed by atoms with Crippen molar-refractivity contribution in [1.82, 2.24) is 14.5 Å². The summed E-state index contributed by atoms with van der Waals surface area (Å²) in [7, 11) is 1.61. The highest BCUT2D eigenvalue weighted by atomic mass is 16.5. The number of hydrogen-bond donors (Lipinski definition) is 0. The third kappa shape index (κ3) is 2.64. The normalized spacial score (nSPS) is 19.5. The van der Waals surface area contributed by atoms with E-state index >= 15 is 0 Å². The molecule has 1 unspecified atom stereocenters. The first-order chi connectivity index (χ1) is 14.7. The molecule has 0 bridgehead atoms. The number of carbonyl (C=O) groups excluding carboxylic acids is 1. The third-order valence-corrected chi connectivity index (χ3v) is 6.19. The fraction of sp³-hybridized carbons (Fsp3) is 0.250. The Balaban J connectivity index is 1.55. The van der Waals surface area contributed by atoms with Crippen LogP contribution in [0.2, 0.25) is 0 Å². The maximum atomic E-state index is 13.3. The molecule has 2 aromatic heterocycles. The SMILES string of the molecule is C=CCN1c2cccnc2-n2cccc2C12CCN(C(=O)c1cccc(OC)c1)C2. The van der Waals surface area contributed by atoms with Crippen LogP contribution < -0.4 is 9.64 Å². The highest BCUT2D eigenvalue weighted by Gasteiger charge is 2.50. The molecule has 0 N–H and O–H groups in total. The third-order valence-electron chi connectivity index (χ3n) is 6.19. The number of rotatable bonds is 4. The summed E-state index contributed by atoms with van der Waals surface area (Å²) in [5.41, 5.74) is 2.56. The van der Waals surface area contributed by atoms with E-state index in [1.54, 1.807) is 13.2 Å². The highest BCUT2D eigenvalue weighted by molar-refractivity contribution is 5.95. The summed E-state index contributed by atoms with van der Waals surface area (Å²) in [6.45, 7) is 5.96. The molecule has 0 aliphatic carbocycles. The first-order valence-electron chi connectivity index (χ1n) is 10.1. The van der Waals surface area contributed by atoms with E-state index in [2.05, 4.69) is 45.4 Å². The predicted molar refractivity (Wildman–Crippen MR) is 116 cm³/mol. The molecule has 1 aromatic carbocycles. The Bertz CT molecular complexity index is 1120. The zero-order valence-electron chi connectivity index (χ0n) is 17.0. The maximum absolute atomic E-state index is 13.3. The minimum absolute atomic E-state index is 0.0272. The Labute approximate surface area is 176 Å². The van der Waals surface area contributed by atoms with Crippen LogP contribution in [-0.4, -0.2) is 47.1 Å². The second-order valence-corrected chi connectivity index (χ2v) is 7.75. The van der Waals surface area contributed by atoms with Gasteiger partial charge in [-0.15, -0.1) is 6.58 Å². The number of pyridine rings is 1. The van der Waals surface area contributed by atoms with Crippen molar-refractivity contribution >= 4 is 11.6 Å². The van der Waals surface area contributed by atoms with Crippen LogP contribution in [0.1, 0.15) is 22.5 Å². The number of fused-ring (bicyclic) bond motifs is 4. The molecule has 1 atom stereocenters. The van der Waals surface area contributed by atoms with Crippen LogP contribution >= 0.6 is 0 Å². The smallest absolute Gasteiger partial charge is 0.254 e. The first-order valence-corrected chi connectivity index (χ1v) is 10.1. The lowest BCUT2D eigenvalue weighted by Crippen LogP contribution is -2.52. The van der Waals surface area contributed by atoms with Gasteiger partial charge in [-0.25, -0.2) is 4.98 Å². The van der Waals surface area contributed by atoms with Gasteiger partial charge in [-0.05, 0) is 48.9 Å². The molecule has 1 fully saturated rings. The van der Waals surface area contributed by atoms with Crippen molar-refractivity contribution in [3.8, 4) is 11.6 Å². The quantitative estimate of drug-likeness (QED) is 0.628. The van der Waals surface area contributed by atoms with Gasteiger partial charge in [-0.2, -0.15) is 0 Å². The van der Waals surface area contributed by atoms with Gasteiger partial charge in [0.2, 0.25) is 0 Å². The molecule has 2 aliphatic heterocycles. The minimum atomic E-state index is -0.317. The van der Waals surface area contributed by atoms with Crippen molar-refractivity contribution in [3.05, 3.63) is 84.8 Å². The van der Waals surface area contributed by atoms with E-state index in [0.717, 1.165) is 23.6 Å². The van der Waals surface area contributed by atoms with Gasteiger partial charge in [0.15, 0.2) is 5.82 Å². The Morgan fingerprint density at radius 3 is 3.00 bits per heavy atom. The number of aromatic nitrogens is 2. The zero-order valence-corrected chi connectivity index (χ0v) is 17.0. The fourth-order valence-corrected chi connectivity index (χ4v) is 4.84. The largest absolute Gasteiger partial charge is 0.497 e. The molecule has 0 radical (unpaired) electrons. The summed E-state index contributed by atoms with van der Waals surface area (Å²) >= 11 is 0. The van der Waals surface area contributed by atoms with Crippen molar-refractivity contribution in [3.63, 3.8) is 0 Å². The molecular formula is C24H24N4O2. The monoisotopic (exact) mass is 400 g/mol. The lowest BCUT2D eigenvalue weighted by molar-refractivity contribution is 0.0782. The average molecular weight is 400 g/mol. The summed E-state index contributed by atoms with van der Waals surface area (Å²) in [5, 5.41) is 0. The van der Waals surface area contributed by atoms with Crippen molar-refractivity contribution < 1.29 is 9.53 Å². The van der Waals surface area contributed by atoms with Gasteiger partial charge in [-0.1, -0.05) is 12.1 Å². The molecular weight excluding hydrogens is 376 g/mol. The van der Waals surface area contributed by atoms with Gasteiger partial charge < -0.3 is 19.1 Å². The van der Waals surface area contributed by atoms with E-state index in [9.17, 15) is 4.79 Å². The van der Waals surface area contributed by atoms with Crippen LogP contribution in [0.25, 0.3) is 5.82 Å². The highest BCUT2D eigenvalue weighted by Crippen LogP contribution is 2.47. The standard InChI is InChI=1S/C24H24N4O2/c1-3-13-28-20-9-5-12-25-22(20)27-14-6-10-21(27)24(28)11-15-26(17-24)23(29)18-7-4-8-19(16-18)30-2/h3-10,12,14,16H,1,11,13,15,17H2,2H3. The van der Waals surface area contributed by atoms with Gasteiger partial charge in [0.25, 0.3) is 5.91 Å². The lowest BCUT2D eigenvalue weighted by Gasteiger charge is -2.46. The number of amides is 1. The Morgan fingerprint density at radius 1 is 1.27 bits per heavy atom. The number of ether oxygens (including phenoxy) is 1. The summed E-state index contributed by atoms with van der Waals surface area (Å²) in [5.74, 6) is 1.64. The van der Waals surface area contributed by atoms with Gasteiger partial charge in [0, 0.05) is 37.6 Å². The van der Waals surface area contributed by atoms with Gasteiger partial charge in [0.1, 0.15) is 11.3 Å². The van der Waals surface area contributed by atoms with E-state index in [4.69, 9.17) is 4.74 Å². The molecule has 1 amide bonds. The van der Waals surface area contributed by atoms with Crippen LogP contribution in [-0.2, 0) is 5.54 Å². The second kappa shape index (κ2) is 7.06. The molecule has 152 valence electrons. The first kappa shape index (κ1) is 18.5. The topological polar surface area (TPSA) is 50.6 Å². The minimum Gasteiger partial charge on any atom is -0.497 e. The molecule has 6 heteroatoms. The van der Waals surface area contributed by atoms with Crippen molar-refractivity contribution in [2.24, 2.45) is 0 Å². The number of anilines is 1. The van der Waals surface area contributed by atoms with Gasteiger partial charge in [-0.3, -0.25) is 4.79 Å². The molecule has 2 aliphatic rings. The Morgan fingerprint density at radius 2 is 2.17 bits per heavy atom. The lowest BCUT2D eigenvalue weighted by atomic mass is 9.89. The summed E-state index contributed by atoms with van der Waals surface area (Å²) < 4.78 is 7.46. The van der Waals surface area contributed by atoms with Crippen molar-refractivity contribution in [1.29, 1.82) is 0 Å². The maximum Gasteiger partial charge on any atom is 0.254 e. The van der Waals surface area contributed by atoms with E-state index in [0.29, 0.717) is 30.9 Å². The van der Waals surface area contributed by atoms with Crippen molar-refractivity contribution in [2.75, 3.05) is 31.6 Å². The number of likely N-dealkylation sites (tertiary alicyclic amines) is 1. The average Bonchev–Trinajstić information content (AvgIpc) is 3.45. The van der Waals surface area contributed by atoms with E-state index in [1.807, 2.05) is 41.4 Å². The van der Waals surface area contributed by atoms with E-state index in [-0.39, 0.29) is 11.4 Å². The summed E-state index contributed by atoms with van der Waals surface area (Å²) in [6.07, 6.45) is 6.64. The molecule has 30 heavy (non-hydrogen) atoms. The summed E-state index contributed by atoms with van der Waals surface area (Å²) in [6, 6.07) is 15.6. The number of benzene rings is 1. The Hall–Kier alpha value is -3.54. The van der Waals surface area contributed by atoms with Gasteiger partial charge in [0.05, 0.1) is 18.5 Å². The molecule has 3 aromatic rings. The predicted octanol–water partition coefficient (Wildman–Crippen LogP) is 3.63. The van der Waals surface area contributed by atoms with Crippen LogP contribution in [0.4, 0.5) is 5.69 Å². The van der Waals surface area contributed by atoms with Crippen LogP contribution in [0.5, 0.6) is 5.75 Å². The van der Waals surface area contributed by atoms with E-state index in [1.165, 1.54) is 0 Å². The molecule has 0 saturated carbocycles. The molecule has 1 saturated heterocycles. The van der Waals surface area contributed by atoms with Crippen LogP contribution in [0.3, 0.4) is 0 Å². The van der Waals surface area contributed by atoms with Crippen LogP contribution in [0.15, 0.2) is 73.6 Å². The number of carbonyl (C=O) groups is 1. The number of nitrogens with zero attached hydrogens (tertiary/aromatic N) is 4. The number of methoxy groups -OCH3 is 1. The second-order valence-electron chi connectivity index (χ2n) is 7.75. The van der Waals surface area contributed by atoms with Crippen LogP contribution in [0, 0.1) is 0 Å².